The minimum absolute atomic E-state index is 0.704. The first kappa shape index (κ1) is 13.4. The smallest absolute Gasteiger partial charge is 0.202 e. The summed E-state index contributed by atoms with van der Waals surface area (Å²) in [5, 5.41) is 7.40. The highest BCUT2D eigenvalue weighted by Gasteiger charge is 2.20. The Kier molecular flexibility index (Phi) is 4.18. The van der Waals surface area contributed by atoms with Gasteiger partial charge in [0, 0.05) is 12.6 Å². The van der Waals surface area contributed by atoms with E-state index in [1.54, 1.807) is 6.26 Å². The molecule has 0 spiro atoms. The molecule has 3 heterocycles. The molecule has 0 aromatic carbocycles. The second-order valence-electron chi connectivity index (χ2n) is 5.44. The molecule has 3 rings (SSSR count). The Hall–Kier alpha value is -1.59. The van der Waals surface area contributed by atoms with Gasteiger partial charge in [-0.2, -0.15) is 0 Å². The minimum Gasteiger partial charge on any atom is -0.461 e. The van der Waals surface area contributed by atoms with E-state index in [9.17, 15) is 0 Å². The number of rotatable bonds is 5. The predicted molar refractivity (Wildman–Crippen MR) is 76.1 cm³/mol. The Morgan fingerprint density at radius 3 is 2.90 bits per heavy atom. The van der Waals surface area contributed by atoms with Crippen molar-refractivity contribution in [2.45, 2.75) is 19.4 Å². The molecule has 108 valence electrons. The molecule has 1 aliphatic heterocycles. The van der Waals surface area contributed by atoms with Gasteiger partial charge >= 0.3 is 0 Å². The highest BCUT2D eigenvalue weighted by molar-refractivity contribution is 5.49. The summed E-state index contributed by atoms with van der Waals surface area (Å²) in [5.74, 6) is 2.25. The van der Waals surface area contributed by atoms with E-state index in [0.717, 1.165) is 43.6 Å². The summed E-state index contributed by atoms with van der Waals surface area (Å²) >= 11 is 0. The van der Waals surface area contributed by atoms with Crippen molar-refractivity contribution < 1.29 is 8.94 Å². The zero-order valence-corrected chi connectivity index (χ0v) is 11.8. The number of nitrogens with zero attached hydrogens (tertiary/aromatic N) is 2. The molecule has 0 unspecified atom stereocenters. The maximum atomic E-state index is 5.33. The van der Waals surface area contributed by atoms with E-state index in [2.05, 4.69) is 15.4 Å². The number of hydrogen-bond acceptors (Lipinski definition) is 5. The van der Waals surface area contributed by atoms with Crippen molar-refractivity contribution in [1.82, 2.24) is 15.4 Å². The fourth-order valence-electron chi connectivity index (χ4n) is 2.79. The van der Waals surface area contributed by atoms with Crippen LogP contribution in [-0.2, 0) is 6.54 Å². The van der Waals surface area contributed by atoms with Gasteiger partial charge in [-0.1, -0.05) is 5.16 Å². The van der Waals surface area contributed by atoms with Crippen LogP contribution < -0.4 is 5.32 Å². The van der Waals surface area contributed by atoms with Crippen molar-refractivity contribution in [3.8, 4) is 11.5 Å². The number of likely N-dealkylation sites (tertiary alicyclic amines) is 1. The first-order valence-corrected chi connectivity index (χ1v) is 7.21. The van der Waals surface area contributed by atoms with E-state index in [4.69, 9.17) is 8.94 Å². The lowest BCUT2D eigenvalue weighted by molar-refractivity contribution is 0.173. The summed E-state index contributed by atoms with van der Waals surface area (Å²) in [4.78, 5) is 2.44. The average Bonchev–Trinajstić information content (AvgIpc) is 3.12. The van der Waals surface area contributed by atoms with Gasteiger partial charge in [-0.3, -0.25) is 4.90 Å². The molecule has 0 radical (unpaired) electrons. The van der Waals surface area contributed by atoms with Gasteiger partial charge in [0.05, 0.1) is 12.0 Å². The molecule has 1 aliphatic rings. The van der Waals surface area contributed by atoms with Crippen LogP contribution >= 0.6 is 0 Å². The molecule has 0 bridgehead atoms. The van der Waals surface area contributed by atoms with Gasteiger partial charge in [-0.15, -0.1) is 0 Å². The van der Waals surface area contributed by atoms with Crippen molar-refractivity contribution in [3.63, 3.8) is 0 Å². The SMILES string of the molecule is CNCC1CCN(Cc2cc(-c3ccco3)on2)CC1. The molecule has 5 heteroatoms. The molecule has 20 heavy (non-hydrogen) atoms. The van der Waals surface area contributed by atoms with Crippen LogP contribution in [0.4, 0.5) is 0 Å². The van der Waals surface area contributed by atoms with E-state index in [0.29, 0.717) is 5.76 Å². The molecular formula is C15H21N3O2. The molecule has 5 nitrogen and oxygen atoms in total. The second kappa shape index (κ2) is 6.24. The zero-order valence-electron chi connectivity index (χ0n) is 11.8. The van der Waals surface area contributed by atoms with Gasteiger partial charge in [-0.25, -0.2) is 0 Å². The van der Waals surface area contributed by atoms with Crippen molar-refractivity contribution in [1.29, 1.82) is 0 Å². The van der Waals surface area contributed by atoms with E-state index < -0.39 is 0 Å². The van der Waals surface area contributed by atoms with Crippen LogP contribution in [0.25, 0.3) is 11.5 Å². The Morgan fingerprint density at radius 2 is 2.20 bits per heavy atom. The molecule has 0 saturated carbocycles. The van der Waals surface area contributed by atoms with Crippen molar-refractivity contribution in [3.05, 3.63) is 30.2 Å². The lowest BCUT2D eigenvalue weighted by Crippen LogP contribution is -2.36. The second-order valence-corrected chi connectivity index (χ2v) is 5.44. The van der Waals surface area contributed by atoms with E-state index in [1.807, 2.05) is 25.2 Å². The first-order valence-electron chi connectivity index (χ1n) is 7.21. The van der Waals surface area contributed by atoms with E-state index in [-0.39, 0.29) is 0 Å². The van der Waals surface area contributed by atoms with E-state index >= 15 is 0 Å². The normalized spacial score (nSPS) is 17.6. The molecular weight excluding hydrogens is 254 g/mol. The Balaban J connectivity index is 1.54. The van der Waals surface area contributed by atoms with Crippen molar-refractivity contribution in [2.75, 3.05) is 26.7 Å². The van der Waals surface area contributed by atoms with Gasteiger partial charge in [0.25, 0.3) is 0 Å². The average molecular weight is 275 g/mol. The van der Waals surface area contributed by atoms with Gasteiger partial charge in [0.15, 0.2) is 5.76 Å². The summed E-state index contributed by atoms with van der Waals surface area (Å²) in [6, 6.07) is 5.70. The Morgan fingerprint density at radius 1 is 1.35 bits per heavy atom. The number of furan rings is 1. The molecule has 1 saturated heterocycles. The van der Waals surface area contributed by atoms with Crippen molar-refractivity contribution in [2.24, 2.45) is 5.92 Å². The number of aromatic nitrogens is 1. The molecule has 0 atom stereocenters. The van der Waals surface area contributed by atoms with Crippen LogP contribution in [0.5, 0.6) is 0 Å². The first-order chi connectivity index (χ1) is 9.85. The van der Waals surface area contributed by atoms with Crippen LogP contribution in [0.3, 0.4) is 0 Å². The van der Waals surface area contributed by atoms with Crippen LogP contribution in [-0.4, -0.2) is 36.7 Å². The highest BCUT2D eigenvalue weighted by Crippen LogP contribution is 2.22. The third-order valence-electron chi connectivity index (χ3n) is 3.91. The summed E-state index contributed by atoms with van der Waals surface area (Å²) in [5.41, 5.74) is 0.975. The molecule has 2 aromatic rings. The topological polar surface area (TPSA) is 54.4 Å². The monoisotopic (exact) mass is 275 g/mol. The van der Waals surface area contributed by atoms with Gasteiger partial charge in [0.2, 0.25) is 5.76 Å². The summed E-state index contributed by atoms with van der Waals surface area (Å²) in [6.45, 7) is 4.25. The molecule has 2 aromatic heterocycles. The number of hydrogen-bond donors (Lipinski definition) is 1. The predicted octanol–water partition coefficient (Wildman–Crippen LogP) is 2.37. The lowest BCUT2D eigenvalue weighted by atomic mass is 9.97. The zero-order chi connectivity index (χ0) is 13.8. The molecule has 0 aliphatic carbocycles. The van der Waals surface area contributed by atoms with Crippen molar-refractivity contribution >= 4 is 0 Å². The third-order valence-corrected chi connectivity index (χ3v) is 3.91. The fraction of sp³-hybridized carbons (Fsp3) is 0.533. The lowest BCUT2D eigenvalue weighted by Gasteiger charge is -2.31. The Labute approximate surface area is 118 Å². The van der Waals surface area contributed by atoms with Crippen LogP contribution in [0.2, 0.25) is 0 Å². The highest BCUT2D eigenvalue weighted by atomic mass is 16.5. The molecule has 1 fully saturated rings. The van der Waals surface area contributed by atoms with Gasteiger partial charge in [0.1, 0.15) is 0 Å². The molecule has 0 amide bonds. The maximum Gasteiger partial charge on any atom is 0.202 e. The summed E-state index contributed by atoms with van der Waals surface area (Å²) in [6.07, 6.45) is 4.15. The van der Waals surface area contributed by atoms with Crippen LogP contribution in [0, 0.1) is 5.92 Å². The molecule has 1 N–H and O–H groups in total. The minimum atomic E-state index is 0.704. The summed E-state index contributed by atoms with van der Waals surface area (Å²) in [7, 11) is 2.03. The fourth-order valence-corrected chi connectivity index (χ4v) is 2.79. The van der Waals surface area contributed by atoms with Crippen LogP contribution in [0.15, 0.2) is 33.4 Å². The van der Waals surface area contributed by atoms with Gasteiger partial charge < -0.3 is 14.3 Å². The van der Waals surface area contributed by atoms with E-state index in [1.165, 1.54) is 12.8 Å². The summed E-state index contributed by atoms with van der Waals surface area (Å²) < 4.78 is 10.6. The Bertz CT molecular complexity index is 513. The maximum absolute atomic E-state index is 5.33. The third kappa shape index (κ3) is 3.11. The largest absolute Gasteiger partial charge is 0.461 e. The quantitative estimate of drug-likeness (QED) is 0.908. The number of piperidine rings is 1. The standard InChI is InChI=1S/C15H21N3O2/c1-16-10-12-4-6-18(7-5-12)11-13-9-15(20-17-13)14-3-2-8-19-14/h2-3,8-9,12,16H,4-7,10-11H2,1H3. The van der Waals surface area contributed by atoms with Gasteiger partial charge in [-0.05, 0) is 57.6 Å². The van der Waals surface area contributed by atoms with Crippen LogP contribution in [0.1, 0.15) is 18.5 Å². The number of nitrogens with one attached hydrogen (secondary N) is 1.